The van der Waals surface area contributed by atoms with E-state index in [-0.39, 0.29) is 5.56 Å². The van der Waals surface area contributed by atoms with E-state index in [0.717, 1.165) is 6.92 Å². The maximum absolute atomic E-state index is 13.4. The number of benzene rings is 1. The van der Waals surface area contributed by atoms with Crippen LogP contribution < -0.4 is 4.90 Å². The van der Waals surface area contributed by atoms with E-state index in [9.17, 15) is 49.1 Å². The van der Waals surface area contributed by atoms with Gasteiger partial charge in [-0.15, -0.1) is 0 Å². The van der Waals surface area contributed by atoms with E-state index in [0.29, 0.717) is 34.7 Å². The van der Waals surface area contributed by atoms with Gasteiger partial charge >= 0.3 is 29.6 Å². The van der Waals surface area contributed by atoms with Gasteiger partial charge in [0.1, 0.15) is 0 Å². The zero-order valence-electron chi connectivity index (χ0n) is 18.3. The lowest BCUT2D eigenvalue weighted by Crippen LogP contribution is -2.57. The predicted molar refractivity (Wildman–Crippen MR) is 107 cm³/mol. The number of carbonyl (C=O) groups is 3. The van der Waals surface area contributed by atoms with Crippen LogP contribution >= 0.6 is 0 Å². The molecule has 2 heterocycles. The van der Waals surface area contributed by atoms with Gasteiger partial charge in [-0.2, -0.15) is 31.2 Å². The fourth-order valence-corrected chi connectivity index (χ4v) is 4.19. The fraction of sp³-hybridized carbons (Fsp3) is 0.300. The molecule has 16 heteroatoms. The van der Waals surface area contributed by atoms with Crippen LogP contribution in [0.25, 0.3) is 0 Å². The number of aromatic nitrogens is 1. The number of halogens is 6. The van der Waals surface area contributed by atoms with Gasteiger partial charge in [-0.05, 0) is 47.5 Å². The number of hydrogen-bond donors (Lipinski definition) is 0. The second-order valence-electron chi connectivity index (χ2n) is 7.71. The minimum atomic E-state index is -5.75. The van der Waals surface area contributed by atoms with Crippen molar-refractivity contribution in [2.75, 3.05) is 4.90 Å². The molecule has 2 aromatic rings. The molecule has 3 amide bonds. The zero-order valence-corrected chi connectivity index (χ0v) is 19.1. The van der Waals surface area contributed by atoms with E-state index in [4.69, 9.17) is 0 Å². The van der Waals surface area contributed by atoms with Crippen molar-refractivity contribution >= 4 is 33.4 Å². The molecule has 1 unspecified atom stereocenters. The number of urea groups is 1. The molecule has 194 valence electrons. The maximum Gasteiger partial charge on any atom is 0.501 e. The van der Waals surface area contributed by atoms with E-state index >= 15 is 0 Å². The lowest BCUT2D eigenvalue weighted by atomic mass is 10.1. The Hall–Kier alpha value is -3.53. The summed E-state index contributed by atoms with van der Waals surface area (Å²) in [6.07, 6.45) is -2.94. The highest BCUT2D eigenvalue weighted by atomic mass is 32.2. The topological polar surface area (TPSA) is 111 Å². The van der Waals surface area contributed by atoms with Gasteiger partial charge in [0.2, 0.25) is 6.04 Å². The summed E-state index contributed by atoms with van der Waals surface area (Å²) in [5, 5.41) is 0. The quantitative estimate of drug-likeness (QED) is 0.324. The molecule has 0 bridgehead atoms. The highest BCUT2D eigenvalue weighted by Crippen LogP contribution is 2.37. The van der Waals surface area contributed by atoms with E-state index in [1.165, 1.54) is 25.4 Å². The van der Waals surface area contributed by atoms with Crippen LogP contribution in [0, 0.1) is 6.92 Å². The van der Waals surface area contributed by atoms with Crippen LogP contribution in [-0.4, -0.2) is 53.7 Å². The molecule has 0 N–H and O–H groups in total. The van der Waals surface area contributed by atoms with Crippen molar-refractivity contribution < 1.29 is 58.6 Å². The smallest absolute Gasteiger partial charge is 0.267 e. The van der Waals surface area contributed by atoms with Crippen LogP contribution in [0.4, 0.5) is 36.8 Å². The summed E-state index contributed by atoms with van der Waals surface area (Å²) in [6.45, 7) is 1.83. The molecule has 36 heavy (non-hydrogen) atoms. The monoisotopic (exact) mass is 540 g/mol. The van der Waals surface area contributed by atoms with Crippen LogP contribution in [0.5, 0.6) is 0 Å². The molecule has 0 saturated carbocycles. The largest absolute Gasteiger partial charge is 0.501 e. The number of hydroxylamine groups is 3. The van der Waals surface area contributed by atoms with E-state index in [1.54, 1.807) is 0 Å². The SMILES string of the molecule is Cc1cnccc1C[N+]1(OC(=O)C(F)(F)F)C(=O)N(c2ccc(S(=O)(=O)C(F)(F)F)cc2)C(=O)[C@@H]1C. The van der Waals surface area contributed by atoms with Crippen LogP contribution in [0.1, 0.15) is 18.1 Å². The highest BCUT2D eigenvalue weighted by Gasteiger charge is 2.65. The first kappa shape index (κ1) is 27.1. The van der Waals surface area contributed by atoms with Crippen molar-refractivity contribution in [2.45, 2.75) is 43.0 Å². The van der Waals surface area contributed by atoms with Crippen LogP contribution in [-0.2, 0) is 30.8 Å². The van der Waals surface area contributed by atoms with E-state index < -0.39 is 67.2 Å². The Balaban J connectivity index is 2.09. The number of aryl methyl sites for hydroxylation is 1. The van der Waals surface area contributed by atoms with Crippen molar-refractivity contribution in [2.24, 2.45) is 0 Å². The molecular weight excluding hydrogens is 524 g/mol. The first-order valence-corrected chi connectivity index (χ1v) is 11.3. The van der Waals surface area contributed by atoms with Gasteiger partial charge in [-0.25, -0.2) is 18.0 Å². The average Bonchev–Trinajstić information content (AvgIpc) is 2.95. The van der Waals surface area contributed by atoms with Crippen LogP contribution in [0.2, 0.25) is 0 Å². The summed E-state index contributed by atoms with van der Waals surface area (Å²) in [5.41, 5.74) is -5.47. The Bertz CT molecular complexity index is 1330. The fourth-order valence-electron chi connectivity index (χ4n) is 3.43. The highest BCUT2D eigenvalue weighted by molar-refractivity contribution is 7.92. The van der Waals surface area contributed by atoms with Gasteiger partial charge in [0.05, 0.1) is 10.6 Å². The van der Waals surface area contributed by atoms with E-state index in [2.05, 4.69) is 9.82 Å². The number of amides is 3. The predicted octanol–water partition coefficient (Wildman–Crippen LogP) is 3.58. The molecule has 1 fully saturated rings. The second-order valence-corrected chi connectivity index (χ2v) is 9.65. The summed E-state index contributed by atoms with van der Waals surface area (Å²) in [7, 11) is -5.75. The van der Waals surface area contributed by atoms with E-state index in [1.807, 2.05) is 0 Å². The molecule has 1 saturated heterocycles. The molecule has 1 aliphatic heterocycles. The van der Waals surface area contributed by atoms with Gasteiger partial charge in [0, 0.05) is 24.9 Å². The first-order chi connectivity index (χ1) is 16.4. The minimum absolute atomic E-state index is 0.210. The average molecular weight is 540 g/mol. The number of anilines is 1. The first-order valence-electron chi connectivity index (χ1n) is 9.81. The number of rotatable bonds is 5. The summed E-state index contributed by atoms with van der Waals surface area (Å²) in [5.74, 6) is -3.90. The zero-order chi connectivity index (χ0) is 27.3. The second kappa shape index (κ2) is 8.85. The van der Waals surface area contributed by atoms with Gasteiger partial charge in [0.25, 0.3) is 9.84 Å². The van der Waals surface area contributed by atoms with Crippen LogP contribution in [0.3, 0.4) is 0 Å². The number of sulfone groups is 1. The molecule has 3 rings (SSSR count). The molecule has 2 atom stereocenters. The van der Waals surface area contributed by atoms with Crippen molar-refractivity contribution in [1.29, 1.82) is 0 Å². The minimum Gasteiger partial charge on any atom is -0.267 e. The number of pyridine rings is 1. The number of hydrogen-bond acceptors (Lipinski definition) is 7. The van der Waals surface area contributed by atoms with Gasteiger partial charge in [-0.1, -0.05) is 0 Å². The molecule has 0 aliphatic carbocycles. The Morgan fingerprint density at radius 1 is 1.08 bits per heavy atom. The molecular formula is C20H16F6N3O6S+. The van der Waals surface area contributed by atoms with Crippen LogP contribution in [0.15, 0.2) is 47.6 Å². The molecule has 1 aromatic carbocycles. The summed E-state index contributed by atoms with van der Waals surface area (Å²) in [4.78, 5) is 45.7. The Labute approximate surface area is 199 Å². The van der Waals surface area contributed by atoms with Crippen molar-refractivity contribution in [3.8, 4) is 0 Å². The summed E-state index contributed by atoms with van der Waals surface area (Å²) >= 11 is 0. The number of nitrogens with zero attached hydrogens (tertiary/aromatic N) is 3. The number of imide groups is 1. The molecule has 1 aromatic heterocycles. The lowest BCUT2D eigenvalue weighted by Gasteiger charge is -2.30. The van der Waals surface area contributed by atoms with Crippen molar-refractivity contribution in [3.05, 3.63) is 53.9 Å². The Morgan fingerprint density at radius 3 is 2.17 bits per heavy atom. The van der Waals surface area contributed by atoms with Crippen molar-refractivity contribution in [1.82, 2.24) is 4.98 Å². The number of quaternary nitrogens is 1. The third-order valence-electron chi connectivity index (χ3n) is 5.45. The molecule has 0 radical (unpaired) electrons. The van der Waals surface area contributed by atoms with Gasteiger partial charge in [-0.3, -0.25) is 14.6 Å². The van der Waals surface area contributed by atoms with Crippen molar-refractivity contribution in [3.63, 3.8) is 0 Å². The standard InChI is InChI=1S/C20H16F6N3O6S/c1-11-9-27-8-7-13(11)10-29(35-17(31)19(21,22)23)12(2)16(30)28(18(29)32)14-3-5-15(6-4-14)36(33,34)20(24,25)26/h3-9,12H,10H2,1-2H3/q+1/t12-,29?/m0/s1. The molecule has 0 spiro atoms. The third kappa shape index (κ3) is 4.53. The Morgan fingerprint density at radius 2 is 1.67 bits per heavy atom. The van der Waals surface area contributed by atoms with Gasteiger partial charge in [0.15, 0.2) is 6.54 Å². The van der Waals surface area contributed by atoms with Gasteiger partial charge < -0.3 is 0 Å². The molecule has 1 aliphatic rings. The lowest BCUT2D eigenvalue weighted by molar-refractivity contribution is -1.04. The number of alkyl halides is 6. The Kier molecular flexibility index (Phi) is 6.65. The summed E-state index contributed by atoms with van der Waals surface area (Å²) in [6, 6.07) is 0.522. The molecule has 9 nitrogen and oxygen atoms in total. The third-order valence-corrected chi connectivity index (χ3v) is 6.95. The normalized spacial score (nSPS) is 21.1. The summed E-state index contributed by atoms with van der Waals surface area (Å²) < 4.78 is 99.0. The maximum atomic E-state index is 13.4. The number of carbonyl (C=O) groups excluding carboxylic acids is 3.